The summed E-state index contributed by atoms with van der Waals surface area (Å²) in [6, 6.07) is 6.73. The molecule has 5 rings (SSSR count). The first-order chi connectivity index (χ1) is 16.6. The standard InChI is InChI=1S/C26H22N2O7/c27-25(34)21-18(30)11-15-9-14-10-16-13(2-1-12-5-7-28-8-6-12)3-4-17(29)20(16)22(31)19(14)23(32)26(15,35)24(21)33/h1-8,14-15,29,31,33,35H,9-11H2,(H2,27,34)/b2-1+/t14-,15+,26+/m1/s1. The van der Waals surface area contributed by atoms with Crippen LogP contribution in [0.15, 0.2) is 53.6 Å². The number of phenols is 1. The van der Waals surface area contributed by atoms with Crippen molar-refractivity contribution in [3.8, 4) is 5.75 Å². The van der Waals surface area contributed by atoms with Crippen LogP contribution in [0.2, 0.25) is 0 Å². The highest BCUT2D eigenvalue weighted by Gasteiger charge is 2.60. The molecule has 178 valence electrons. The van der Waals surface area contributed by atoms with Gasteiger partial charge in [0.2, 0.25) is 5.78 Å². The number of pyridine rings is 1. The minimum atomic E-state index is -2.57. The summed E-state index contributed by atoms with van der Waals surface area (Å²) in [6.07, 6.45) is 6.97. The number of aliphatic hydroxyl groups is 3. The highest BCUT2D eigenvalue weighted by molar-refractivity contribution is 6.22. The maximum absolute atomic E-state index is 13.5. The highest BCUT2D eigenvalue weighted by atomic mass is 16.3. The molecule has 1 amide bonds. The largest absolute Gasteiger partial charge is 0.508 e. The number of hydrogen-bond acceptors (Lipinski definition) is 8. The monoisotopic (exact) mass is 474 g/mol. The van der Waals surface area contributed by atoms with Gasteiger partial charge in [0.05, 0.1) is 5.56 Å². The second-order valence-corrected chi connectivity index (χ2v) is 9.05. The molecule has 3 aliphatic rings. The number of carbonyl (C=O) groups is 3. The number of nitrogens with zero attached hydrogens (tertiary/aromatic N) is 1. The van der Waals surface area contributed by atoms with Gasteiger partial charge >= 0.3 is 0 Å². The lowest BCUT2D eigenvalue weighted by molar-refractivity contribution is -0.147. The van der Waals surface area contributed by atoms with Crippen LogP contribution in [0.4, 0.5) is 0 Å². The number of aliphatic hydroxyl groups excluding tert-OH is 2. The number of aromatic nitrogens is 1. The van der Waals surface area contributed by atoms with Gasteiger partial charge < -0.3 is 26.2 Å². The fraction of sp³-hybridized carbons (Fsp3) is 0.231. The van der Waals surface area contributed by atoms with Crippen molar-refractivity contribution in [2.75, 3.05) is 0 Å². The molecule has 1 fully saturated rings. The number of nitrogens with two attached hydrogens (primary N) is 1. The Balaban J connectivity index is 1.64. The zero-order valence-electron chi connectivity index (χ0n) is 18.4. The predicted molar refractivity (Wildman–Crippen MR) is 125 cm³/mol. The lowest BCUT2D eigenvalue weighted by Crippen LogP contribution is -2.58. The van der Waals surface area contributed by atoms with Gasteiger partial charge in [0.15, 0.2) is 11.4 Å². The van der Waals surface area contributed by atoms with Gasteiger partial charge in [-0.1, -0.05) is 18.2 Å². The number of benzene rings is 1. The zero-order chi connectivity index (χ0) is 25.1. The molecule has 3 aliphatic carbocycles. The first-order valence-electron chi connectivity index (χ1n) is 11.0. The number of hydrogen-bond donors (Lipinski definition) is 5. The van der Waals surface area contributed by atoms with Crippen molar-refractivity contribution in [2.45, 2.75) is 24.9 Å². The molecule has 1 saturated carbocycles. The molecule has 2 aromatic rings. The van der Waals surface area contributed by atoms with E-state index in [1.165, 1.54) is 6.07 Å². The van der Waals surface area contributed by atoms with Crippen molar-refractivity contribution in [3.05, 3.63) is 75.8 Å². The molecule has 0 saturated heterocycles. The molecule has 1 aromatic heterocycles. The maximum atomic E-state index is 13.5. The van der Waals surface area contributed by atoms with E-state index >= 15 is 0 Å². The number of Topliss-reactive ketones (excluding diaryl/α,β-unsaturated/α-hetero) is 2. The van der Waals surface area contributed by atoms with Gasteiger partial charge in [-0.2, -0.15) is 0 Å². The number of phenolic OH excluding ortho intramolecular Hbond substituents is 1. The lowest BCUT2D eigenvalue weighted by Gasteiger charge is -2.46. The second-order valence-electron chi connectivity index (χ2n) is 9.05. The van der Waals surface area contributed by atoms with Gasteiger partial charge in [-0.05, 0) is 53.6 Å². The average Bonchev–Trinajstić information content (AvgIpc) is 2.81. The van der Waals surface area contributed by atoms with E-state index in [-0.39, 0.29) is 36.1 Å². The number of primary amides is 1. The number of rotatable bonds is 3. The van der Waals surface area contributed by atoms with Crippen molar-refractivity contribution in [1.82, 2.24) is 4.98 Å². The fourth-order valence-corrected chi connectivity index (χ4v) is 5.46. The van der Waals surface area contributed by atoms with Crippen molar-refractivity contribution in [3.63, 3.8) is 0 Å². The lowest BCUT2D eigenvalue weighted by atomic mass is 9.59. The van der Waals surface area contributed by atoms with Gasteiger partial charge in [0.25, 0.3) is 5.91 Å². The molecule has 0 aliphatic heterocycles. The van der Waals surface area contributed by atoms with Crippen LogP contribution in [0.5, 0.6) is 5.75 Å². The third-order valence-corrected chi connectivity index (χ3v) is 7.14. The van der Waals surface area contributed by atoms with E-state index in [4.69, 9.17) is 5.73 Å². The van der Waals surface area contributed by atoms with Gasteiger partial charge in [-0.3, -0.25) is 19.4 Å². The minimum absolute atomic E-state index is 0.0639. The molecule has 1 heterocycles. The van der Waals surface area contributed by atoms with Crippen molar-refractivity contribution < 1.29 is 34.8 Å². The van der Waals surface area contributed by atoms with E-state index in [0.717, 1.165) is 5.56 Å². The molecule has 0 bridgehead atoms. The van der Waals surface area contributed by atoms with E-state index < -0.39 is 52.0 Å². The zero-order valence-corrected chi connectivity index (χ0v) is 18.4. The molecular weight excluding hydrogens is 452 g/mol. The smallest absolute Gasteiger partial charge is 0.255 e. The molecule has 0 spiro atoms. The molecule has 3 atom stereocenters. The van der Waals surface area contributed by atoms with Crippen LogP contribution < -0.4 is 5.73 Å². The van der Waals surface area contributed by atoms with Crippen LogP contribution in [0.25, 0.3) is 17.9 Å². The Hall–Kier alpha value is -4.24. The summed E-state index contributed by atoms with van der Waals surface area (Å²) in [4.78, 5) is 41.6. The Labute approximate surface area is 199 Å². The molecule has 0 radical (unpaired) electrons. The topological polar surface area (TPSA) is 171 Å². The number of amides is 1. The van der Waals surface area contributed by atoms with Gasteiger partial charge in [0.1, 0.15) is 22.8 Å². The van der Waals surface area contributed by atoms with Crippen molar-refractivity contribution >= 4 is 35.4 Å². The number of aromatic hydroxyl groups is 1. The van der Waals surface area contributed by atoms with Crippen LogP contribution in [-0.2, 0) is 20.8 Å². The first kappa shape index (κ1) is 22.5. The number of ketones is 2. The molecule has 35 heavy (non-hydrogen) atoms. The van der Waals surface area contributed by atoms with E-state index in [9.17, 15) is 34.8 Å². The summed E-state index contributed by atoms with van der Waals surface area (Å²) >= 11 is 0. The van der Waals surface area contributed by atoms with E-state index in [2.05, 4.69) is 4.98 Å². The van der Waals surface area contributed by atoms with Crippen molar-refractivity contribution in [1.29, 1.82) is 0 Å². The van der Waals surface area contributed by atoms with E-state index in [1.54, 1.807) is 18.5 Å². The molecule has 0 unspecified atom stereocenters. The summed E-state index contributed by atoms with van der Waals surface area (Å²) < 4.78 is 0. The quantitative estimate of drug-likeness (QED) is 0.420. The molecule has 1 aromatic carbocycles. The fourth-order valence-electron chi connectivity index (χ4n) is 5.46. The Morgan fingerprint density at radius 3 is 2.46 bits per heavy atom. The van der Waals surface area contributed by atoms with E-state index in [0.29, 0.717) is 11.1 Å². The number of fused-ring (bicyclic) bond motifs is 3. The Morgan fingerprint density at radius 2 is 1.77 bits per heavy atom. The summed E-state index contributed by atoms with van der Waals surface area (Å²) in [5.74, 6) is -6.42. The molecule has 9 heteroatoms. The van der Waals surface area contributed by atoms with Gasteiger partial charge in [0, 0.05) is 30.3 Å². The predicted octanol–water partition coefficient (Wildman–Crippen LogP) is 1.99. The molecule has 9 nitrogen and oxygen atoms in total. The summed E-state index contributed by atoms with van der Waals surface area (Å²) in [6.45, 7) is 0. The van der Waals surface area contributed by atoms with Crippen LogP contribution in [0, 0.1) is 11.8 Å². The minimum Gasteiger partial charge on any atom is -0.508 e. The highest BCUT2D eigenvalue weighted by Crippen LogP contribution is 2.52. The summed E-state index contributed by atoms with van der Waals surface area (Å²) in [5.41, 5.74) is 3.95. The van der Waals surface area contributed by atoms with E-state index in [1.807, 2.05) is 24.3 Å². The molecule has 6 N–H and O–H groups in total. The van der Waals surface area contributed by atoms with Crippen LogP contribution in [0.3, 0.4) is 0 Å². The third kappa shape index (κ3) is 3.27. The van der Waals surface area contributed by atoms with Gasteiger partial charge in [-0.25, -0.2) is 0 Å². The SMILES string of the molecule is NC(=O)C1=C(O)[C@@]2(O)C(=O)C3=C(O)c4c(O)ccc(/C=C/c5ccncc5)c4C[C@H]3C[C@H]2CC1=O. The normalized spacial score (nSPS) is 26.0. The Morgan fingerprint density at radius 1 is 1.06 bits per heavy atom. The summed E-state index contributed by atoms with van der Waals surface area (Å²) in [5, 5.41) is 43.5. The molecular formula is C26H22N2O7. The van der Waals surface area contributed by atoms with Gasteiger partial charge in [-0.15, -0.1) is 0 Å². The van der Waals surface area contributed by atoms with Crippen LogP contribution >= 0.6 is 0 Å². The van der Waals surface area contributed by atoms with Crippen LogP contribution in [-0.4, -0.2) is 48.5 Å². The first-order valence-corrected chi connectivity index (χ1v) is 11.0. The average molecular weight is 474 g/mol. The van der Waals surface area contributed by atoms with Crippen molar-refractivity contribution in [2.24, 2.45) is 17.6 Å². The number of carbonyl (C=O) groups excluding carboxylic acids is 3. The third-order valence-electron chi connectivity index (χ3n) is 7.14. The second kappa shape index (κ2) is 7.92. The maximum Gasteiger partial charge on any atom is 0.255 e. The van der Waals surface area contributed by atoms with Crippen LogP contribution in [0.1, 0.15) is 35.1 Å². The Kier molecular flexibility index (Phi) is 5.10. The summed E-state index contributed by atoms with van der Waals surface area (Å²) in [7, 11) is 0. The Bertz CT molecular complexity index is 1390.